The molecule has 2 N–H and O–H groups in total. The van der Waals surface area contributed by atoms with Gasteiger partial charge in [0.25, 0.3) is 0 Å². The van der Waals surface area contributed by atoms with Gasteiger partial charge in [0.2, 0.25) is 5.91 Å². The van der Waals surface area contributed by atoms with Gasteiger partial charge in [-0.2, -0.15) is 5.26 Å². The number of ether oxygens (including phenoxy) is 1. The number of nitriles is 1. The van der Waals surface area contributed by atoms with Gasteiger partial charge in [0, 0.05) is 19.2 Å². The summed E-state index contributed by atoms with van der Waals surface area (Å²) in [6.45, 7) is 2.25. The molecular weight excluding hydrogens is 194 g/mol. The Labute approximate surface area is 89.8 Å². The first-order valence-electron chi connectivity index (χ1n) is 5.27. The molecule has 1 rings (SSSR count). The largest absolute Gasteiger partial charge is 0.380 e. The van der Waals surface area contributed by atoms with Crippen LogP contribution in [0.5, 0.6) is 0 Å². The molecule has 0 aromatic rings. The zero-order valence-electron chi connectivity index (χ0n) is 8.79. The van der Waals surface area contributed by atoms with Gasteiger partial charge in [-0.15, -0.1) is 0 Å². The number of carbonyl (C=O) groups excluding carboxylic acids is 1. The molecule has 1 aliphatic rings. The summed E-state index contributed by atoms with van der Waals surface area (Å²) in [6.07, 6.45) is 2.47. The van der Waals surface area contributed by atoms with E-state index in [0.717, 1.165) is 19.4 Å². The van der Waals surface area contributed by atoms with Crippen molar-refractivity contribution in [3.8, 4) is 6.07 Å². The van der Waals surface area contributed by atoms with Crippen LogP contribution < -0.4 is 10.6 Å². The molecule has 1 unspecified atom stereocenters. The van der Waals surface area contributed by atoms with Crippen LogP contribution in [0.25, 0.3) is 0 Å². The van der Waals surface area contributed by atoms with Crippen LogP contribution in [-0.2, 0) is 9.53 Å². The summed E-state index contributed by atoms with van der Waals surface area (Å²) in [4.78, 5) is 11.2. The van der Waals surface area contributed by atoms with Gasteiger partial charge >= 0.3 is 0 Å². The highest BCUT2D eigenvalue weighted by Gasteiger charge is 2.13. The SMILES string of the molecule is N#CCCNC(=O)CNC1CCCOC1. The smallest absolute Gasteiger partial charge is 0.234 e. The first kappa shape index (κ1) is 12.0. The molecule has 0 aliphatic carbocycles. The second-order valence-corrected chi connectivity index (χ2v) is 3.55. The van der Waals surface area contributed by atoms with Gasteiger partial charge in [-0.3, -0.25) is 4.79 Å². The van der Waals surface area contributed by atoms with Crippen LogP contribution in [0.2, 0.25) is 0 Å². The van der Waals surface area contributed by atoms with E-state index in [1.165, 1.54) is 0 Å². The van der Waals surface area contributed by atoms with Crippen molar-refractivity contribution in [1.29, 1.82) is 5.26 Å². The lowest BCUT2D eigenvalue weighted by Crippen LogP contribution is -2.43. The summed E-state index contributed by atoms with van der Waals surface area (Å²) in [7, 11) is 0. The van der Waals surface area contributed by atoms with Crippen LogP contribution in [-0.4, -0.2) is 38.3 Å². The quantitative estimate of drug-likeness (QED) is 0.617. The van der Waals surface area contributed by atoms with E-state index in [2.05, 4.69) is 10.6 Å². The Kier molecular flexibility index (Phi) is 5.74. The average Bonchev–Trinajstić information content (AvgIpc) is 2.28. The van der Waals surface area contributed by atoms with Gasteiger partial charge in [-0.25, -0.2) is 0 Å². The van der Waals surface area contributed by atoms with Crippen molar-refractivity contribution in [2.75, 3.05) is 26.3 Å². The van der Waals surface area contributed by atoms with Crippen LogP contribution in [0, 0.1) is 11.3 Å². The van der Waals surface area contributed by atoms with Crippen molar-refractivity contribution in [2.45, 2.75) is 25.3 Å². The van der Waals surface area contributed by atoms with Crippen LogP contribution in [0.3, 0.4) is 0 Å². The summed E-state index contributed by atoms with van der Waals surface area (Å²) in [6, 6.07) is 2.27. The van der Waals surface area contributed by atoms with Crippen LogP contribution in [0.15, 0.2) is 0 Å². The van der Waals surface area contributed by atoms with E-state index in [9.17, 15) is 4.79 Å². The Morgan fingerprint density at radius 3 is 3.13 bits per heavy atom. The Balaban J connectivity index is 2.03. The van der Waals surface area contributed by atoms with E-state index in [1.54, 1.807) is 0 Å². The molecule has 1 amide bonds. The second-order valence-electron chi connectivity index (χ2n) is 3.55. The van der Waals surface area contributed by atoms with Gasteiger partial charge in [0.15, 0.2) is 0 Å². The Morgan fingerprint density at radius 1 is 1.60 bits per heavy atom. The van der Waals surface area contributed by atoms with Gasteiger partial charge in [0.05, 0.1) is 25.6 Å². The van der Waals surface area contributed by atoms with Crippen LogP contribution in [0.1, 0.15) is 19.3 Å². The highest BCUT2D eigenvalue weighted by atomic mass is 16.5. The first-order chi connectivity index (χ1) is 7.33. The van der Waals surface area contributed by atoms with E-state index >= 15 is 0 Å². The van der Waals surface area contributed by atoms with E-state index in [4.69, 9.17) is 10.00 Å². The van der Waals surface area contributed by atoms with Crippen molar-refractivity contribution in [2.24, 2.45) is 0 Å². The molecule has 15 heavy (non-hydrogen) atoms. The van der Waals surface area contributed by atoms with Gasteiger partial charge in [-0.05, 0) is 12.8 Å². The molecule has 1 aliphatic heterocycles. The molecule has 1 fully saturated rings. The first-order valence-corrected chi connectivity index (χ1v) is 5.27. The average molecular weight is 211 g/mol. The van der Waals surface area contributed by atoms with Crippen molar-refractivity contribution in [1.82, 2.24) is 10.6 Å². The second kappa shape index (κ2) is 7.21. The molecule has 0 aromatic carbocycles. The fourth-order valence-corrected chi connectivity index (χ4v) is 1.46. The molecule has 0 bridgehead atoms. The summed E-state index contributed by atoms with van der Waals surface area (Å²) in [5.74, 6) is -0.0594. The number of nitrogens with zero attached hydrogens (tertiary/aromatic N) is 1. The minimum Gasteiger partial charge on any atom is -0.380 e. The number of carbonyl (C=O) groups is 1. The predicted octanol–water partition coefficient (Wildman–Crippen LogP) is -0.215. The number of hydrogen-bond acceptors (Lipinski definition) is 4. The summed E-state index contributed by atoms with van der Waals surface area (Å²) < 4.78 is 5.28. The molecule has 1 atom stereocenters. The van der Waals surface area contributed by atoms with Crippen molar-refractivity contribution in [3.05, 3.63) is 0 Å². The zero-order chi connectivity index (χ0) is 10.9. The molecule has 5 heteroatoms. The minimum absolute atomic E-state index is 0.0594. The van der Waals surface area contributed by atoms with Gasteiger partial charge in [-0.1, -0.05) is 0 Å². The van der Waals surface area contributed by atoms with Crippen molar-refractivity contribution in [3.63, 3.8) is 0 Å². The van der Waals surface area contributed by atoms with E-state index < -0.39 is 0 Å². The predicted molar refractivity (Wildman–Crippen MR) is 55.1 cm³/mol. The lowest BCUT2D eigenvalue weighted by molar-refractivity contribution is -0.120. The number of nitrogens with one attached hydrogen (secondary N) is 2. The van der Waals surface area contributed by atoms with Crippen molar-refractivity contribution >= 4 is 5.91 Å². The molecule has 84 valence electrons. The van der Waals surface area contributed by atoms with E-state index in [0.29, 0.717) is 32.2 Å². The molecule has 0 spiro atoms. The maximum atomic E-state index is 11.2. The minimum atomic E-state index is -0.0594. The molecule has 5 nitrogen and oxygen atoms in total. The van der Waals surface area contributed by atoms with Gasteiger partial charge < -0.3 is 15.4 Å². The fraction of sp³-hybridized carbons (Fsp3) is 0.800. The molecule has 0 saturated carbocycles. The van der Waals surface area contributed by atoms with Crippen LogP contribution in [0.4, 0.5) is 0 Å². The Hall–Kier alpha value is -1.12. The number of rotatable bonds is 5. The fourth-order valence-electron chi connectivity index (χ4n) is 1.46. The normalized spacial score (nSPS) is 20.6. The van der Waals surface area contributed by atoms with Crippen molar-refractivity contribution < 1.29 is 9.53 Å². The van der Waals surface area contributed by atoms with Crippen LogP contribution >= 0.6 is 0 Å². The zero-order valence-corrected chi connectivity index (χ0v) is 8.79. The highest BCUT2D eigenvalue weighted by molar-refractivity contribution is 5.77. The summed E-state index contributed by atoms with van der Waals surface area (Å²) in [5.41, 5.74) is 0. The maximum absolute atomic E-state index is 11.2. The Bertz CT molecular complexity index is 231. The lowest BCUT2D eigenvalue weighted by atomic mass is 10.1. The monoisotopic (exact) mass is 211 g/mol. The number of amides is 1. The molecular formula is C10H17N3O2. The third-order valence-corrected chi connectivity index (χ3v) is 2.27. The topological polar surface area (TPSA) is 74.2 Å². The molecule has 0 aromatic heterocycles. The third kappa shape index (κ3) is 5.35. The summed E-state index contributed by atoms with van der Waals surface area (Å²) in [5, 5.41) is 14.1. The van der Waals surface area contributed by atoms with E-state index in [1.807, 2.05) is 6.07 Å². The maximum Gasteiger partial charge on any atom is 0.234 e. The summed E-state index contributed by atoms with van der Waals surface area (Å²) >= 11 is 0. The Morgan fingerprint density at radius 2 is 2.47 bits per heavy atom. The molecule has 0 radical (unpaired) electrons. The lowest BCUT2D eigenvalue weighted by Gasteiger charge is -2.22. The third-order valence-electron chi connectivity index (χ3n) is 2.27. The van der Waals surface area contributed by atoms with Gasteiger partial charge in [0.1, 0.15) is 0 Å². The standard InChI is InChI=1S/C10H17N3O2/c11-4-2-5-12-10(14)7-13-9-3-1-6-15-8-9/h9,13H,1-3,5-8H2,(H,12,14). The van der Waals surface area contributed by atoms with E-state index in [-0.39, 0.29) is 5.91 Å². The molecule has 1 heterocycles. The highest BCUT2D eigenvalue weighted by Crippen LogP contribution is 2.04. The number of hydrogen-bond donors (Lipinski definition) is 2. The molecule has 1 saturated heterocycles.